The van der Waals surface area contributed by atoms with Gasteiger partial charge in [0.2, 0.25) is 0 Å². The van der Waals surface area contributed by atoms with Crippen molar-refractivity contribution in [1.29, 1.82) is 0 Å². The summed E-state index contributed by atoms with van der Waals surface area (Å²) in [5, 5.41) is 3.56. The van der Waals surface area contributed by atoms with Gasteiger partial charge in [-0.05, 0) is 24.7 Å². The SMILES string of the molecule is CC(C)CC1NC(C)C1(C)C. The van der Waals surface area contributed by atoms with Gasteiger partial charge in [0, 0.05) is 12.1 Å². The summed E-state index contributed by atoms with van der Waals surface area (Å²) in [7, 11) is 0. The van der Waals surface area contributed by atoms with Gasteiger partial charge in [-0.25, -0.2) is 0 Å². The number of hydrogen-bond donors (Lipinski definition) is 1. The van der Waals surface area contributed by atoms with Crippen LogP contribution in [0.1, 0.15) is 41.0 Å². The van der Waals surface area contributed by atoms with Crippen LogP contribution in [0.3, 0.4) is 0 Å². The fourth-order valence-electron chi connectivity index (χ4n) is 1.78. The minimum Gasteiger partial charge on any atom is -0.310 e. The molecule has 0 radical (unpaired) electrons. The molecule has 1 heterocycles. The molecule has 66 valence electrons. The number of rotatable bonds is 2. The summed E-state index contributed by atoms with van der Waals surface area (Å²) in [4.78, 5) is 0. The average Bonchev–Trinajstić information content (AvgIpc) is 1.87. The van der Waals surface area contributed by atoms with Crippen molar-refractivity contribution >= 4 is 0 Å². The Kier molecular flexibility index (Phi) is 2.29. The van der Waals surface area contributed by atoms with Crippen LogP contribution in [0, 0.1) is 11.3 Å². The van der Waals surface area contributed by atoms with Gasteiger partial charge in [-0.1, -0.05) is 27.7 Å². The van der Waals surface area contributed by atoms with Crippen LogP contribution in [-0.4, -0.2) is 12.1 Å². The normalized spacial score (nSPS) is 35.5. The Bertz CT molecular complexity index is 138. The first kappa shape index (κ1) is 9.05. The molecule has 1 fully saturated rings. The minimum atomic E-state index is 0.518. The Morgan fingerprint density at radius 1 is 1.36 bits per heavy atom. The summed E-state index contributed by atoms with van der Waals surface area (Å²) < 4.78 is 0. The Morgan fingerprint density at radius 2 is 1.91 bits per heavy atom. The second kappa shape index (κ2) is 2.78. The van der Waals surface area contributed by atoms with Gasteiger partial charge in [-0.15, -0.1) is 0 Å². The van der Waals surface area contributed by atoms with Crippen molar-refractivity contribution in [3.63, 3.8) is 0 Å². The Morgan fingerprint density at radius 3 is 2.18 bits per heavy atom. The summed E-state index contributed by atoms with van der Waals surface area (Å²) in [6.07, 6.45) is 1.32. The van der Waals surface area contributed by atoms with Gasteiger partial charge >= 0.3 is 0 Å². The van der Waals surface area contributed by atoms with E-state index in [1.54, 1.807) is 0 Å². The summed E-state index contributed by atoms with van der Waals surface area (Å²) in [6, 6.07) is 1.45. The lowest BCUT2D eigenvalue weighted by Gasteiger charge is -2.52. The second-order valence-electron chi connectivity index (χ2n) is 4.89. The molecule has 0 spiro atoms. The van der Waals surface area contributed by atoms with E-state index in [0.29, 0.717) is 11.5 Å². The van der Waals surface area contributed by atoms with Gasteiger partial charge in [0.25, 0.3) is 0 Å². The molecule has 1 rings (SSSR count). The van der Waals surface area contributed by atoms with Gasteiger partial charge in [-0.3, -0.25) is 0 Å². The summed E-state index contributed by atoms with van der Waals surface area (Å²) in [5.74, 6) is 0.819. The zero-order valence-electron chi connectivity index (χ0n) is 8.44. The molecule has 1 saturated heterocycles. The molecular formula is C10H21N. The lowest BCUT2D eigenvalue weighted by molar-refractivity contribution is 0.0450. The molecule has 0 bridgehead atoms. The van der Waals surface area contributed by atoms with Crippen molar-refractivity contribution in [3.8, 4) is 0 Å². The van der Waals surface area contributed by atoms with Crippen LogP contribution < -0.4 is 5.32 Å². The van der Waals surface area contributed by atoms with Crippen LogP contribution in [0.5, 0.6) is 0 Å². The molecule has 1 nitrogen and oxygen atoms in total. The molecule has 1 aliphatic heterocycles. The Hall–Kier alpha value is -0.0400. The van der Waals surface area contributed by atoms with Crippen LogP contribution >= 0.6 is 0 Å². The summed E-state index contributed by atoms with van der Waals surface area (Å²) in [5.41, 5.74) is 0.518. The van der Waals surface area contributed by atoms with Crippen molar-refractivity contribution in [1.82, 2.24) is 5.32 Å². The maximum atomic E-state index is 3.56. The van der Waals surface area contributed by atoms with Gasteiger partial charge in [0.15, 0.2) is 0 Å². The van der Waals surface area contributed by atoms with Crippen LogP contribution in [0.2, 0.25) is 0 Å². The zero-order valence-corrected chi connectivity index (χ0v) is 8.44. The highest BCUT2D eigenvalue weighted by Crippen LogP contribution is 2.37. The molecule has 1 N–H and O–H groups in total. The molecule has 1 heteroatoms. The molecule has 0 aromatic heterocycles. The zero-order chi connectivity index (χ0) is 8.65. The van der Waals surface area contributed by atoms with E-state index in [2.05, 4.69) is 39.9 Å². The van der Waals surface area contributed by atoms with E-state index >= 15 is 0 Å². The molecule has 0 aliphatic carbocycles. The molecule has 0 saturated carbocycles. The third-order valence-corrected chi connectivity index (χ3v) is 3.17. The molecule has 11 heavy (non-hydrogen) atoms. The summed E-state index contributed by atoms with van der Waals surface area (Å²) in [6.45, 7) is 11.6. The van der Waals surface area contributed by atoms with Gasteiger partial charge in [0.05, 0.1) is 0 Å². The van der Waals surface area contributed by atoms with E-state index < -0.39 is 0 Å². The quantitative estimate of drug-likeness (QED) is 0.645. The van der Waals surface area contributed by atoms with Crippen molar-refractivity contribution in [2.45, 2.75) is 53.1 Å². The van der Waals surface area contributed by atoms with E-state index in [-0.39, 0.29) is 0 Å². The summed E-state index contributed by atoms with van der Waals surface area (Å²) >= 11 is 0. The van der Waals surface area contributed by atoms with Crippen LogP contribution in [-0.2, 0) is 0 Å². The predicted octanol–water partition coefficient (Wildman–Crippen LogP) is 2.42. The van der Waals surface area contributed by atoms with E-state index in [1.165, 1.54) is 6.42 Å². The monoisotopic (exact) mass is 155 g/mol. The van der Waals surface area contributed by atoms with Crippen LogP contribution in [0.4, 0.5) is 0 Å². The maximum Gasteiger partial charge on any atom is 0.0138 e. The van der Waals surface area contributed by atoms with Gasteiger partial charge < -0.3 is 5.32 Å². The van der Waals surface area contributed by atoms with Gasteiger partial charge in [-0.2, -0.15) is 0 Å². The highest BCUT2D eigenvalue weighted by atomic mass is 15.1. The third kappa shape index (κ3) is 1.58. The van der Waals surface area contributed by atoms with Crippen molar-refractivity contribution in [2.24, 2.45) is 11.3 Å². The first-order chi connectivity index (χ1) is 4.94. The molecule has 2 atom stereocenters. The predicted molar refractivity (Wildman–Crippen MR) is 49.6 cm³/mol. The van der Waals surface area contributed by atoms with Crippen molar-refractivity contribution in [2.75, 3.05) is 0 Å². The average molecular weight is 155 g/mol. The number of nitrogens with one attached hydrogen (secondary N) is 1. The first-order valence-electron chi connectivity index (χ1n) is 4.70. The van der Waals surface area contributed by atoms with Crippen LogP contribution in [0.25, 0.3) is 0 Å². The standard InChI is InChI=1S/C10H21N/c1-7(2)6-9-10(4,5)8(3)11-9/h7-9,11H,6H2,1-5H3. The second-order valence-corrected chi connectivity index (χ2v) is 4.89. The highest BCUT2D eigenvalue weighted by molar-refractivity contribution is 5.02. The molecular weight excluding hydrogens is 134 g/mol. The van der Waals surface area contributed by atoms with Gasteiger partial charge in [0.1, 0.15) is 0 Å². The van der Waals surface area contributed by atoms with E-state index in [1.807, 2.05) is 0 Å². The highest BCUT2D eigenvalue weighted by Gasteiger charge is 2.44. The van der Waals surface area contributed by atoms with Crippen LogP contribution in [0.15, 0.2) is 0 Å². The number of hydrogen-bond acceptors (Lipinski definition) is 1. The topological polar surface area (TPSA) is 12.0 Å². The lowest BCUT2D eigenvalue weighted by atomic mass is 9.68. The largest absolute Gasteiger partial charge is 0.310 e. The van der Waals surface area contributed by atoms with E-state index in [4.69, 9.17) is 0 Å². The molecule has 1 aliphatic rings. The smallest absolute Gasteiger partial charge is 0.0138 e. The Labute approximate surface area is 70.6 Å². The molecule has 0 aromatic rings. The maximum absolute atomic E-state index is 3.56. The fraction of sp³-hybridized carbons (Fsp3) is 1.00. The van der Waals surface area contributed by atoms with Crippen molar-refractivity contribution in [3.05, 3.63) is 0 Å². The molecule has 2 unspecified atom stereocenters. The molecule has 0 aromatic carbocycles. The Balaban J connectivity index is 2.40. The van der Waals surface area contributed by atoms with E-state index in [0.717, 1.165) is 12.0 Å². The lowest BCUT2D eigenvalue weighted by Crippen LogP contribution is -2.66. The minimum absolute atomic E-state index is 0.518. The third-order valence-electron chi connectivity index (χ3n) is 3.17. The molecule has 0 amide bonds. The first-order valence-corrected chi connectivity index (χ1v) is 4.70. The fourth-order valence-corrected chi connectivity index (χ4v) is 1.78. The van der Waals surface area contributed by atoms with Crippen molar-refractivity contribution < 1.29 is 0 Å². The van der Waals surface area contributed by atoms with E-state index in [9.17, 15) is 0 Å².